The number of halogens is 3. The highest BCUT2D eigenvalue weighted by Crippen LogP contribution is 2.71. The smallest absolute Gasteiger partial charge is 0.431 e. The summed E-state index contributed by atoms with van der Waals surface area (Å²) in [5.74, 6) is -3.46. The first-order valence-corrected chi connectivity index (χ1v) is 14.4. The zero-order valence-corrected chi connectivity index (χ0v) is 23.0. The van der Waals surface area contributed by atoms with Gasteiger partial charge in [0.15, 0.2) is 11.5 Å². The Balaban J connectivity index is 1.38. The van der Waals surface area contributed by atoms with Gasteiger partial charge in [-0.15, -0.1) is 0 Å². The Labute approximate surface area is 231 Å². The molecule has 7 nitrogen and oxygen atoms in total. The van der Waals surface area contributed by atoms with Gasteiger partial charge in [-0.25, -0.2) is 22.8 Å². The second kappa shape index (κ2) is 9.07. The van der Waals surface area contributed by atoms with Gasteiger partial charge in [-0.05, 0) is 87.3 Å². The third-order valence-electron chi connectivity index (χ3n) is 11.8. The van der Waals surface area contributed by atoms with Crippen molar-refractivity contribution in [1.82, 2.24) is 0 Å². The lowest BCUT2D eigenvalue weighted by atomic mass is 9.44. The molecule has 5 saturated carbocycles. The fourth-order valence-electron chi connectivity index (χ4n) is 9.98. The molecule has 220 valence electrons. The maximum Gasteiger partial charge on any atom is 0.509 e. The predicted molar refractivity (Wildman–Crippen MR) is 135 cm³/mol. The van der Waals surface area contributed by atoms with E-state index in [1.165, 1.54) is 19.1 Å². The molecule has 10 heteroatoms. The molecule has 0 radical (unpaired) electrons. The standard InChI is InChI=1S/C30H37F3O7/c1-15-8-19-20-12-22(32)21-11-18(34)6-7-27(21,2)29(20,33)24(35)13-28(19,3)30(15,25(36)38-14-31)40-26(37)39-23-10-16-4-5-17(23)9-16/h6-7,11,15-17,19-20,22-24,35H,4-5,8-10,12-14H2,1-3H3/t15-,16?,17?,19+,20+,22+,23?,24+,27+,28+,29?,30-/m1/s1. The maximum atomic E-state index is 17.5. The zero-order valence-electron chi connectivity index (χ0n) is 23.0. The van der Waals surface area contributed by atoms with Crippen molar-refractivity contribution in [2.45, 2.75) is 95.4 Å². The Morgan fingerprint density at radius 1 is 1.12 bits per heavy atom. The van der Waals surface area contributed by atoms with E-state index >= 15 is 8.78 Å². The molecule has 5 fully saturated rings. The van der Waals surface area contributed by atoms with E-state index in [0.29, 0.717) is 12.3 Å². The number of fused-ring (bicyclic) bond motifs is 7. The lowest BCUT2D eigenvalue weighted by Gasteiger charge is -2.62. The number of hydrogen-bond acceptors (Lipinski definition) is 7. The van der Waals surface area contributed by atoms with E-state index in [2.05, 4.69) is 0 Å². The van der Waals surface area contributed by atoms with E-state index in [4.69, 9.17) is 14.2 Å². The summed E-state index contributed by atoms with van der Waals surface area (Å²) in [5.41, 5.74) is -7.48. The molecule has 12 atom stereocenters. The first kappa shape index (κ1) is 27.8. The zero-order chi connectivity index (χ0) is 28.8. The number of aliphatic hydroxyl groups is 1. The summed E-state index contributed by atoms with van der Waals surface area (Å²) < 4.78 is 63.0. The van der Waals surface area contributed by atoms with Crippen LogP contribution in [0.3, 0.4) is 0 Å². The average Bonchev–Trinajstić information content (AvgIpc) is 3.56. The van der Waals surface area contributed by atoms with Gasteiger partial charge in [0.05, 0.1) is 6.10 Å². The van der Waals surface area contributed by atoms with Crippen LogP contribution in [0.2, 0.25) is 0 Å². The van der Waals surface area contributed by atoms with Crippen molar-refractivity contribution in [2.24, 2.45) is 40.4 Å². The minimum Gasteiger partial charge on any atom is -0.431 e. The van der Waals surface area contributed by atoms with Crippen LogP contribution in [-0.2, 0) is 23.8 Å². The highest BCUT2D eigenvalue weighted by atomic mass is 19.1. The number of carbonyl (C=O) groups excluding carboxylic acids is 3. The van der Waals surface area contributed by atoms with Crippen LogP contribution >= 0.6 is 0 Å². The molecule has 0 aliphatic heterocycles. The number of allylic oxidation sites excluding steroid dienone is 4. The van der Waals surface area contributed by atoms with Gasteiger partial charge in [-0.1, -0.05) is 19.9 Å². The fourth-order valence-corrected chi connectivity index (χ4v) is 9.98. The molecular formula is C30H37F3O7. The first-order valence-electron chi connectivity index (χ1n) is 14.4. The monoisotopic (exact) mass is 566 g/mol. The van der Waals surface area contributed by atoms with Gasteiger partial charge in [0, 0.05) is 22.7 Å². The number of esters is 1. The predicted octanol–water partition coefficient (Wildman–Crippen LogP) is 5.10. The van der Waals surface area contributed by atoms with Gasteiger partial charge in [0.1, 0.15) is 12.3 Å². The third-order valence-corrected chi connectivity index (χ3v) is 11.8. The molecule has 6 aliphatic carbocycles. The second-order valence-corrected chi connectivity index (χ2v) is 13.5. The van der Waals surface area contributed by atoms with Crippen LogP contribution in [0.4, 0.5) is 18.0 Å². The molecule has 0 aromatic heterocycles. The SMILES string of the molecule is C[C@@H]1C[C@H]2[C@@H]3C[C@H](F)C4=CC(=O)C=C[C@]4(C)C3(F)[C@@H](O)C[C@]2(C)[C@]1(OC(=O)OC1CC2CCC1C2)C(=O)OCF. The molecule has 6 rings (SSSR count). The average molecular weight is 567 g/mol. The topological polar surface area (TPSA) is 99.1 Å². The molecule has 0 spiro atoms. The van der Waals surface area contributed by atoms with Crippen molar-refractivity contribution in [1.29, 1.82) is 0 Å². The van der Waals surface area contributed by atoms with E-state index in [9.17, 15) is 23.9 Å². The van der Waals surface area contributed by atoms with E-state index in [-0.39, 0.29) is 36.9 Å². The summed E-state index contributed by atoms with van der Waals surface area (Å²) in [5, 5.41) is 11.6. The van der Waals surface area contributed by atoms with Crippen LogP contribution < -0.4 is 0 Å². The fraction of sp³-hybridized carbons (Fsp3) is 0.767. The number of carbonyl (C=O) groups is 3. The molecule has 1 N–H and O–H groups in total. The van der Waals surface area contributed by atoms with Crippen molar-refractivity contribution >= 4 is 17.9 Å². The van der Waals surface area contributed by atoms with Gasteiger partial charge < -0.3 is 19.3 Å². The van der Waals surface area contributed by atoms with Crippen molar-refractivity contribution in [3.63, 3.8) is 0 Å². The van der Waals surface area contributed by atoms with Crippen LogP contribution in [0.25, 0.3) is 0 Å². The second-order valence-electron chi connectivity index (χ2n) is 13.5. The Bertz CT molecular complexity index is 1190. The summed E-state index contributed by atoms with van der Waals surface area (Å²) >= 11 is 0. The molecule has 4 unspecified atom stereocenters. The van der Waals surface area contributed by atoms with Crippen LogP contribution in [0.5, 0.6) is 0 Å². The number of ketones is 1. The molecule has 40 heavy (non-hydrogen) atoms. The van der Waals surface area contributed by atoms with Crippen LogP contribution in [0.15, 0.2) is 23.8 Å². The number of aliphatic hydroxyl groups excluding tert-OH is 1. The molecule has 0 saturated heterocycles. The minimum absolute atomic E-state index is 0.0127. The van der Waals surface area contributed by atoms with Crippen molar-refractivity contribution in [3.8, 4) is 0 Å². The normalized spacial score (nSPS) is 50.5. The Morgan fingerprint density at radius 2 is 1.88 bits per heavy atom. The summed E-state index contributed by atoms with van der Waals surface area (Å²) in [6, 6.07) is 0. The van der Waals surface area contributed by atoms with Gasteiger partial charge in [-0.2, -0.15) is 0 Å². The van der Waals surface area contributed by atoms with Gasteiger partial charge >= 0.3 is 12.1 Å². The number of rotatable bonds is 4. The molecule has 0 heterocycles. The van der Waals surface area contributed by atoms with Gasteiger partial charge in [0.2, 0.25) is 12.5 Å². The summed E-state index contributed by atoms with van der Waals surface area (Å²) in [6.45, 7) is 3.27. The largest absolute Gasteiger partial charge is 0.509 e. The number of hydrogen-bond donors (Lipinski definition) is 1. The van der Waals surface area contributed by atoms with Crippen molar-refractivity contribution < 1.29 is 46.9 Å². The van der Waals surface area contributed by atoms with Crippen LogP contribution in [0, 0.1) is 40.4 Å². The van der Waals surface area contributed by atoms with E-state index in [0.717, 1.165) is 25.3 Å². The third kappa shape index (κ3) is 3.43. The molecular weight excluding hydrogens is 529 g/mol. The Hall–Kier alpha value is -2.36. The quantitative estimate of drug-likeness (QED) is 0.473. The first-order chi connectivity index (χ1) is 18.8. The van der Waals surface area contributed by atoms with Gasteiger partial charge in [-0.3, -0.25) is 4.79 Å². The van der Waals surface area contributed by atoms with Crippen LogP contribution in [-0.4, -0.2) is 59.5 Å². The Kier molecular flexibility index (Phi) is 6.30. The molecule has 6 aliphatic rings. The minimum atomic E-state index is -2.37. The molecule has 0 aromatic carbocycles. The Morgan fingerprint density at radius 3 is 2.52 bits per heavy atom. The van der Waals surface area contributed by atoms with Crippen LogP contribution in [0.1, 0.15) is 65.7 Å². The van der Waals surface area contributed by atoms with Gasteiger partial charge in [0.25, 0.3) is 0 Å². The van der Waals surface area contributed by atoms with E-state index in [1.807, 2.05) is 0 Å². The molecule has 0 amide bonds. The van der Waals surface area contributed by atoms with E-state index in [1.54, 1.807) is 13.8 Å². The lowest BCUT2D eigenvalue weighted by molar-refractivity contribution is -0.235. The highest BCUT2D eigenvalue weighted by molar-refractivity contribution is 6.01. The number of alkyl halides is 3. The highest BCUT2D eigenvalue weighted by Gasteiger charge is 2.79. The molecule has 2 bridgehead atoms. The summed E-state index contributed by atoms with van der Waals surface area (Å²) in [4.78, 5) is 38.9. The molecule has 0 aromatic rings. The number of ether oxygens (including phenoxy) is 3. The van der Waals surface area contributed by atoms with Crippen molar-refractivity contribution in [3.05, 3.63) is 23.8 Å². The summed E-state index contributed by atoms with van der Waals surface area (Å²) in [7, 11) is 0. The van der Waals surface area contributed by atoms with Crippen molar-refractivity contribution in [2.75, 3.05) is 6.86 Å². The van der Waals surface area contributed by atoms with E-state index < -0.39 is 76.9 Å². The lowest BCUT2D eigenvalue weighted by Crippen LogP contribution is -2.71. The maximum absolute atomic E-state index is 17.5. The summed E-state index contributed by atoms with van der Waals surface area (Å²) in [6.07, 6.45) is 2.04.